The third-order valence-electron chi connectivity index (χ3n) is 2.50. The van der Waals surface area contributed by atoms with Crippen molar-refractivity contribution in [1.82, 2.24) is 20.2 Å². The van der Waals surface area contributed by atoms with Crippen molar-refractivity contribution in [1.29, 1.82) is 0 Å². The Labute approximate surface area is 105 Å². The molecule has 0 spiro atoms. The Morgan fingerprint density at radius 1 is 1.56 bits per heavy atom. The zero-order valence-electron chi connectivity index (χ0n) is 10.7. The van der Waals surface area contributed by atoms with Gasteiger partial charge in [0, 0.05) is 19.4 Å². The number of imidazole rings is 1. The minimum atomic E-state index is -1.04. The fourth-order valence-electron chi connectivity index (χ4n) is 1.44. The molecule has 0 aliphatic rings. The second-order valence-corrected chi connectivity index (χ2v) is 4.40. The van der Waals surface area contributed by atoms with E-state index in [0.29, 0.717) is 12.4 Å². The van der Waals surface area contributed by atoms with E-state index in [9.17, 15) is 9.59 Å². The van der Waals surface area contributed by atoms with Gasteiger partial charge in [-0.25, -0.2) is 14.6 Å². The minimum Gasteiger partial charge on any atom is -0.480 e. The molecule has 1 aromatic rings. The highest BCUT2D eigenvalue weighted by Gasteiger charge is 2.24. The first kappa shape index (κ1) is 14.0. The number of hydrogen-bond acceptors (Lipinski definition) is 3. The minimum absolute atomic E-state index is 0.177. The molecule has 0 radical (unpaired) electrons. The number of aromatic nitrogens is 2. The van der Waals surface area contributed by atoms with Gasteiger partial charge in [-0.05, 0) is 5.92 Å². The molecule has 1 aromatic heterocycles. The molecular weight excluding hydrogens is 236 g/mol. The first-order chi connectivity index (χ1) is 8.41. The Kier molecular flexibility index (Phi) is 4.70. The first-order valence-corrected chi connectivity index (χ1v) is 5.64. The Hall–Kier alpha value is -2.05. The van der Waals surface area contributed by atoms with E-state index in [1.54, 1.807) is 33.3 Å². The van der Waals surface area contributed by atoms with Gasteiger partial charge in [-0.3, -0.25) is 0 Å². The smallest absolute Gasteiger partial charge is 0.326 e. The van der Waals surface area contributed by atoms with Crippen LogP contribution in [0.3, 0.4) is 0 Å². The summed E-state index contributed by atoms with van der Waals surface area (Å²) in [4.78, 5) is 31.0. The summed E-state index contributed by atoms with van der Waals surface area (Å²) in [6.45, 7) is 3.78. The molecule has 0 fully saturated rings. The molecule has 1 heterocycles. The van der Waals surface area contributed by atoms with Crippen molar-refractivity contribution in [2.24, 2.45) is 5.92 Å². The van der Waals surface area contributed by atoms with Crippen LogP contribution in [0.2, 0.25) is 0 Å². The summed E-state index contributed by atoms with van der Waals surface area (Å²) in [7, 11) is 1.58. The lowest BCUT2D eigenvalue weighted by molar-refractivity contribution is -0.140. The van der Waals surface area contributed by atoms with E-state index < -0.39 is 18.0 Å². The van der Waals surface area contributed by atoms with Crippen LogP contribution < -0.4 is 5.32 Å². The molecule has 0 aromatic carbocycles. The number of nitrogens with one attached hydrogen (secondary N) is 2. The van der Waals surface area contributed by atoms with Gasteiger partial charge in [0.25, 0.3) is 0 Å². The summed E-state index contributed by atoms with van der Waals surface area (Å²) in [5.74, 6) is -0.572. The van der Waals surface area contributed by atoms with Crippen molar-refractivity contribution in [2.45, 2.75) is 26.4 Å². The molecule has 7 nitrogen and oxygen atoms in total. The summed E-state index contributed by atoms with van der Waals surface area (Å²) >= 11 is 0. The molecule has 0 saturated heterocycles. The number of aromatic amines is 1. The molecule has 18 heavy (non-hydrogen) atoms. The van der Waals surface area contributed by atoms with E-state index in [1.807, 2.05) is 0 Å². The average Bonchev–Trinajstić information content (AvgIpc) is 2.77. The summed E-state index contributed by atoms with van der Waals surface area (Å²) in [5.41, 5.74) is 0. The van der Waals surface area contributed by atoms with Gasteiger partial charge in [-0.1, -0.05) is 13.8 Å². The maximum absolute atomic E-state index is 11.8. The third-order valence-corrected chi connectivity index (χ3v) is 2.50. The lowest BCUT2D eigenvalue weighted by atomic mass is 10.1. The number of nitrogens with zero attached hydrogens (tertiary/aromatic N) is 2. The van der Waals surface area contributed by atoms with Crippen LogP contribution in [0.1, 0.15) is 19.7 Å². The van der Waals surface area contributed by atoms with E-state index >= 15 is 0 Å². The van der Waals surface area contributed by atoms with Crippen LogP contribution in [0.4, 0.5) is 4.79 Å². The fraction of sp³-hybridized carbons (Fsp3) is 0.545. The lowest BCUT2D eigenvalue weighted by Gasteiger charge is -2.22. The average molecular weight is 254 g/mol. The monoisotopic (exact) mass is 254 g/mol. The molecule has 100 valence electrons. The molecule has 0 aliphatic carbocycles. The number of urea groups is 1. The van der Waals surface area contributed by atoms with E-state index in [-0.39, 0.29) is 5.92 Å². The molecule has 7 heteroatoms. The van der Waals surface area contributed by atoms with Gasteiger partial charge in [-0.2, -0.15) is 0 Å². The number of hydrogen-bond donors (Lipinski definition) is 3. The lowest BCUT2D eigenvalue weighted by Crippen LogP contribution is -2.48. The van der Waals surface area contributed by atoms with Crippen molar-refractivity contribution in [3.8, 4) is 0 Å². The molecule has 1 atom stereocenters. The first-order valence-electron chi connectivity index (χ1n) is 5.64. The number of H-pyrrole nitrogens is 1. The predicted octanol–water partition coefficient (Wildman–Crippen LogP) is 0.660. The number of carbonyl (C=O) groups is 2. The SMILES string of the molecule is CC(C)[C@H](NC(=O)N(C)Cc1ncc[nH]1)C(=O)O. The summed E-state index contributed by atoms with van der Waals surface area (Å²) in [6, 6.07) is -1.33. The largest absolute Gasteiger partial charge is 0.480 e. The van der Waals surface area contributed by atoms with Gasteiger partial charge in [0.15, 0.2) is 0 Å². The molecule has 0 aliphatic heterocycles. The number of carboxylic acids is 1. The van der Waals surface area contributed by atoms with Crippen molar-refractivity contribution in [3.63, 3.8) is 0 Å². The van der Waals surface area contributed by atoms with Gasteiger partial charge in [0.05, 0.1) is 6.54 Å². The molecule has 0 unspecified atom stereocenters. The van der Waals surface area contributed by atoms with Crippen LogP contribution >= 0.6 is 0 Å². The van der Waals surface area contributed by atoms with Gasteiger partial charge in [0.1, 0.15) is 11.9 Å². The van der Waals surface area contributed by atoms with Crippen molar-refractivity contribution in [2.75, 3.05) is 7.05 Å². The summed E-state index contributed by atoms with van der Waals surface area (Å²) in [5, 5.41) is 11.5. The number of aliphatic carboxylic acids is 1. The van der Waals surface area contributed by atoms with Crippen molar-refractivity contribution in [3.05, 3.63) is 18.2 Å². The Bertz CT molecular complexity index is 402. The highest BCUT2D eigenvalue weighted by Crippen LogP contribution is 2.03. The number of rotatable bonds is 5. The Morgan fingerprint density at radius 2 is 2.22 bits per heavy atom. The van der Waals surface area contributed by atoms with Gasteiger partial charge in [0.2, 0.25) is 0 Å². The molecule has 3 N–H and O–H groups in total. The quantitative estimate of drug-likeness (QED) is 0.718. The van der Waals surface area contributed by atoms with Gasteiger partial charge >= 0.3 is 12.0 Å². The maximum Gasteiger partial charge on any atom is 0.326 e. The molecule has 2 amide bonds. The second kappa shape index (κ2) is 6.04. The highest BCUT2D eigenvalue weighted by molar-refractivity contribution is 5.82. The standard InChI is InChI=1S/C11H18N4O3/c1-7(2)9(10(16)17)14-11(18)15(3)6-8-12-4-5-13-8/h4-5,7,9H,6H2,1-3H3,(H,12,13)(H,14,18)(H,16,17)/t9-/m0/s1. The van der Waals surface area contributed by atoms with Gasteiger partial charge < -0.3 is 20.3 Å². The topological polar surface area (TPSA) is 98.3 Å². The summed E-state index contributed by atoms with van der Waals surface area (Å²) in [6.07, 6.45) is 3.25. The molecule has 1 rings (SSSR count). The Morgan fingerprint density at radius 3 is 2.67 bits per heavy atom. The van der Waals surface area contributed by atoms with Crippen LogP contribution in [0.15, 0.2) is 12.4 Å². The van der Waals surface area contributed by atoms with E-state index in [4.69, 9.17) is 5.11 Å². The normalized spacial score (nSPS) is 12.2. The van der Waals surface area contributed by atoms with E-state index in [2.05, 4.69) is 15.3 Å². The van der Waals surface area contributed by atoms with Gasteiger partial charge in [-0.15, -0.1) is 0 Å². The fourth-order valence-corrected chi connectivity index (χ4v) is 1.44. The predicted molar refractivity (Wildman–Crippen MR) is 64.8 cm³/mol. The number of amides is 2. The second-order valence-electron chi connectivity index (χ2n) is 4.40. The zero-order chi connectivity index (χ0) is 13.7. The van der Waals surface area contributed by atoms with Crippen molar-refractivity contribution < 1.29 is 14.7 Å². The maximum atomic E-state index is 11.8. The van der Waals surface area contributed by atoms with Crippen molar-refractivity contribution >= 4 is 12.0 Å². The third kappa shape index (κ3) is 3.76. The van der Waals surface area contributed by atoms with Crippen LogP contribution in [0.25, 0.3) is 0 Å². The zero-order valence-corrected chi connectivity index (χ0v) is 10.7. The summed E-state index contributed by atoms with van der Waals surface area (Å²) < 4.78 is 0. The molecule has 0 saturated carbocycles. The highest BCUT2D eigenvalue weighted by atomic mass is 16.4. The van der Waals surface area contributed by atoms with Crippen LogP contribution in [-0.4, -0.2) is 45.1 Å². The molecular formula is C11H18N4O3. The Balaban J connectivity index is 2.56. The van der Waals surface area contributed by atoms with Crippen LogP contribution in [-0.2, 0) is 11.3 Å². The van der Waals surface area contributed by atoms with E-state index in [1.165, 1.54) is 4.90 Å². The van der Waals surface area contributed by atoms with Crippen LogP contribution in [0.5, 0.6) is 0 Å². The van der Waals surface area contributed by atoms with E-state index in [0.717, 1.165) is 0 Å². The van der Waals surface area contributed by atoms with Crippen LogP contribution in [0, 0.1) is 5.92 Å². The number of carbonyl (C=O) groups excluding carboxylic acids is 1. The molecule has 0 bridgehead atoms. The number of carboxylic acid groups (broad SMARTS) is 1.